The number of nitrogens with one attached hydrogen (secondary N) is 1. The second-order valence-corrected chi connectivity index (χ2v) is 7.73. The van der Waals surface area contributed by atoms with E-state index in [1.807, 2.05) is 36.4 Å². The van der Waals surface area contributed by atoms with Crippen molar-refractivity contribution in [3.63, 3.8) is 0 Å². The van der Waals surface area contributed by atoms with Crippen molar-refractivity contribution in [1.82, 2.24) is 5.32 Å². The summed E-state index contributed by atoms with van der Waals surface area (Å²) in [5.74, 6) is 0.301. The Hall–Kier alpha value is -2.89. The first-order chi connectivity index (χ1) is 13.8. The minimum absolute atomic E-state index is 0.301. The molecule has 3 aromatic carbocycles. The first-order valence-electron chi connectivity index (χ1n) is 10.1. The van der Waals surface area contributed by atoms with Crippen LogP contribution in [0.1, 0.15) is 36.0 Å². The van der Waals surface area contributed by atoms with E-state index in [1.165, 1.54) is 5.56 Å². The lowest BCUT2D eigenvalue weighted by Gasteiger charge is -2.34. The summed E-state index contributed by atoms with van der Waals surface area (Å²) in [5.41, 5.74) is 2.93. The summed E-state index contributed by atoms with van der Waals surface area (Å²) >= 11 is 0. The van der Waals surface area contributed by atoms with Gasteiger partial charge >= 0.3 is 0 Å². The molecule has 0 spiro atoms. The van der Waals surface area contributed by atoms with Crippen molar-refractivity contribution in [2.45, 2.75) is 37.3 Å². The molecule has 0 bridgehead atoms. The molecule has 0 saturated heterocycles. The van der Waals surface area contributed by atoms with Gasteiger partial charge in [-0.25, -0.2) is 0 Å². The molecule has 1 N–H and O–H groups in total. The fourth-order valence-corrected chi connectivity index (χ4v) is 4.68. The molecule has 2 heteroatoms. The maximum atomic E-state index is 10.5. The molecule has 2 nitrogen and oxygen atoms in total. The molecule has 0 amide bonds. The Morgan fingerprint density at radius 1 is 0.786 bits per heavy atom. The number of nitrogens with zero attached hydrogens (tertiary/aromatic N) is 1. The van der Waals surface area contributed by atoms with E-state index in [0.717, 1.165) is 36.9 Å². The average molecular weight is 367 g/mol. The van der Waals surface area contributed by atoms with E-state index < -0.39 is 5.41 Å². The summed E-state index contributed by atoms with van der Waals surface area (Å²) in [6.45, 7) is 0.883. The molecule has 28 heavy (non-hydrogen) atoms. The van der Waals surface area contributed by atoms with Crippen LogP contribution in [0, 0.1) is 17.2 Å². The van der Waals surface area contributed by atoms with Crippen molar-refractivity contribution >= 4 is 0 Å². The Morgan fingerprint density at radius 3 is 1.86 bits per heavy atom. The lowest BCUT2D eigenvalue weighted by Crippen LogP contribution is -2.35. The van der Waals surface area contributed by atoms with Gasteiger partial charge in [0.2, 0.25) is 0 Å². The van der Waals surface area contributed by atoms with Crippen LogP contribution >= 0.6 is 0 Å². The van der Waals surface area contributed by atoms with Crippen LogP contribution in [0.5, 0.6) is 0 Å². The van der Waals surface area contributed by atoms with Crippen LogP contribution in [0.15, 0.2) is 91.0 Å². The smallest absolute Gasteiger partial charge is 0.110 e. The maximum absolute atomic E-state index is 10.5. The number of nitriles is 1. The van der Waals surface area contributed by atoms with Gasteiger partial charge in [-0.05, 0) is 41.9 Å². The summed E-state index contributed by atoms with van der Waals surface area (Å²) < 4.78 is 0. The van der Waals surface area contributed by atoms with Gasteiger partial charge in [-0.3, -0.25) is 0 Å². The van der Waals surface area contributed by atoms with Crippen molar-refractivity contribution in [3.05, 3.63) is 108 Å². The maximum Gasteiger partial charge on any atom is 0.110 e. The Bertz CT molecular complexity index is 873. The van der Waals surface area contributed by atoms with Gasteiger partial charge in [0.25, 0.3) is 0 Å². The summed E-state index contributed by atoms with van der Waals surface area (Å²) in [6.07, 6.45) is 3.19. The Labute approximate surface area is 167 Å². The van der Waals surface area contributed by atoms with Crippen molar-refractivity contribution in [2.75, 3.05) is 0 Å². The number of hydrogen-bond acceptors (Lipinski definition) is 2. The Kier molecular flexibility index (Phi) is 5.55. The number of benzene rings is 3. The first-order valence-corrected chi connectivity index (χ1v) is 10.1. The van der Waals surface area contributed by atoms with Crippen LogP contribution in [0.2, 0.25) is 0 Å². The zero-order chi connectivity index (χ0) is 19.2. The van der Waals surface area contributed by atoms with E-state index in [-0.39, 0.29) is 0 Å². The zero-order valence-electron chi connectivity index (χ0n) is 16.1. The SMILES string of the molecule is N#CC(c1ccccc1)(c1ccccc1)C1CCC(NCc2ccccc2)C1. The number of hydrogen-bond donors (Lipinski definition) is 1. The summed E-state index contributed by atoms with van der Waals surface area (Å²) in [4.78, 5) is 0. The third kappa shape index (κ3) is 3.59. The molecule has 0 aliphatic heterocycles. The molecular weight excluding hydrogens is 340 g/mol. The van der Waals surface area contributed by atoms with Gasteiger partial charge in [-0.2, -0.15) is 5.26 Å². The molecule has 3 aromatic rings. The topological polar surface area (TPSA) is 35.8 Å². The fraction of sp³-hybridized carbons (Fsp3) is 0.269. The molecule has 4 rings (SSSR count). The van der Waals surface area contributed by atoms with Crippen LogP contribution in [0.25, 0.3) is 0 Å². The van der Waals surface area contributed by atoms with Gasteiger partial charge in [-0.1, -0.05) is 91.0 Å². The van der Waals surface area contributed by atoms with Gasteiger partial charge < -0.3 is 5.32 Å². The Morgan fingerprint density at radius 2 is 1.32 bits per heavy atom. The van der Waals surface area contributed by atoms with E-state index in [1.54, 1.807) is 0 Å². The molecule has 140 valence electrons. The van der Waals surface area contributed by atoms with Crippen LogP contribution in [0.3, 0.4) is 0 Å². The van der Waals surface area contributed by atoms with E-state index in [0.29, 0.717) is 12.0 Å². The average Bonchev–Trinajstić information content (AvgIpc) is 3.25. The zero-order valence-corrected chi connectivity index (χ0v) is 16.1. The molecule has 2 atom stereocenters. The largest absolute Gasteiger partial charge is 0.310 e. The van der Waals surface area contributed by atoms with Crippen LogP contribution in [0.4, 0.5) is 0 Å². The minimum atomic E-state index is -0.592. The number of rotatable bonds is 6. The minimum Gasteiger partial charge on any atom is -0.310 e. The quantitative estimate of drug-likeness (QED) is 0.629. The molecule has 1 saturated carbocycles. The van der Waals surface area contributed by atoms with E-state index >= 15 is 0 Å². The molecular formula is C26H26N2. The molecule has 0 radical (unpaired) electrons. The highest BCUT2D eigenvalue weighted by Gasteiger charge is 2.45. The summed E-state index contributed by atoms with van der Waals surface area (Å²) in [7, 11) is 0. The predicted octanol–water partition coefficient (Wildman–Crippen LogP) is 5.45. The predicted molar refractivity (Wildman–Crippen MR) is 114 cm³/mol. The van der Waals surface area contributed by atoms with Gasteiger partial charge in [0, 0.05) is 12.6 Å². The Balaban J connectivity index is 1.59. The van der Waals surface area contributed by atoms with Crippen LogP contribution in [-0.4, -0.2) is 6.04 Å². The van der Waals surface area contributed by atoms with Gasteiger partial charge in [-0.15, -0.1) is 0 Å². The van der Waals surface area contributed by atoms with Crippen molar-refractivity contribution < 1.29 is 0 Å². The molecule has 2 unspecified atom stereocenters. The lowest BCUT2D eigenvalue weighted by atomic mass is 9.66. The fourth-order valence-electron chi connectivity index (χ4n) is 4.68. The van der Waals surface area contributed by atoms with E-state index in [9.17, 15) is 5.26 Å². The van der Waals surface area contributed by atoms with Crippen LogP contribution < -0.4 is 5.32 Å². The lowest BCUT2D eigenvalue weighted by molar-refractivity contribution is 0.386. The van der Waals surface area contributed by atoms with Gasteiger partial charge in [0.15, 0.2) is 0 Å². The molecule has 1 fully saturated rings. The van der Waals surface area contributed by atoms with E-state index in [4.69, 9.17) is 0 Å². The van der Waals surface area contributed by atoms with Crippen molar-refractivity contribution in [3.8, 4) is 6.07 Å². The van der Waals surface area contributed by atoms with E-state index in [2.05, 4.69) is 66.0 Å². The van der Waals surface area contributed by atoms with Crippen LogP contribution in [-0.2, 0) is 12.0 Å². The summed E-state index contributed by atoms with van der Waals surface area (Å²) in [6, 6.07) is 34.4. The highest BCUT2D eigenvalue weighted by Crippen LogP contribution is 2.46. The van der Waals surface area contributed by atoms with Crippen molar-refractivity contribution in [1.29, 1.82) is 5.26 Å². The molecule has 0 heterocycles. The molecule has 1 aliphatic carbocycles. The second kappa shape index (κ2) is 8.42. The van der Waals surface area contributed by atoms with Crippen molar-refractivity contribution in [2.24, 2.45) is 5.92 Å². The standard InChI is InChI=1S/C26H26N2/c27-20-26(22-12-6-2-7-13-22,23-14-8-3-9-15-23)24-16-17-25(18-24)28-19-21-10-4-1-5-11-21/h1-15,24-25,28H,16-19H2. The highest BCUT2D eigenvalue weighted by molar-refractivity contribution is 5.47. The molecule has 1 aliphatic rings. The third-order valence-electron chi connectivity index (χ3n) is 6.12. The first kappa shape index (κ1) is 18.5. The normalized spacial score (nSPS) is 19.2. The molecule has 0 aromatic heterocycles. The third-order valence-corrected chi connectivity index (χ3v) is 6.12. The van der Waals surface area contributed by atoms with Gasteiger partial charge in [0.1, 0.15) is 5.41 Å². The highest BCUT2D eigenvalue weighted by atomic mass is 14.9. The second-order valence-electron chi connectivity index (χ2n) is 7.73. The summed E-state index contributed by atoms with van der Waals surface area (Å²) in [5, 5.41) is 14.2. The van der Waals surface area contributed by atoms with Gasteiger partial charge in [0.05, 0.1) is 6.07 Å². The monoisotopic (exact) mass is 366 g/mol.